The third-order valence-electron chi connectivity index (χ3n) is 3.40. The van der Waals surface area contributed by atoms with Gasteiger partial charge in [-0.05, 0) is 31.1 Å². The highest BCUT2D eigenvalue weighted by molar-refractivity contribution is 5.83. The Morgan fingerprint density at radius 1 is 1.42 bits per heavy atom. The van der Waals surface area contributed by atoms with Crippen LogP contribution in [0.2, 0.25) is 0 Å². The minimum absolute atomic E-state index is 0.133. The number of carbonyl (C=O) groups excluding carboxylic acids is 1. The summed E-state index contributed by atoms with van der Waals surface area (Å²) in [6, 6.07) is 1.95. The van der Waals surface area contributed by atoms with Crippen LogP contribution in [-0.4, -0.2) is 5.78 Å². The van der Waals surface area contributed by atoms with Gasteiger partial charge in [0.15, 0.2) is 0 Å². The van der Waals surface area contributed by atoms with Crippen molar-refractivity contribution in [1.82, 2.24) is 0 Å². The molecule has 2 aliphatic rings. The lowest BCUT2D eigenvalue weighted by Crippen LogP contribution is -2.20. The summed E-state index contributed by atoms with van der Waals surface area (Å²) in [5, 5.41) is 8.40. The summed E-state index contributed by atoms with van der Waals surface area (Å²) in [6.45, 7) is 0. The quantitative estimate of drug-likeness (QED) is 0.623. The van der Waals surface area contributed by atoms with Crippen LogP contribution in [-0.2, 0) is 4.79 Å². The predicted octanol–water partition coefficient (Wildman–Crippen LogP) is 1.91. The van der Waals surface area contributed by atoms with Gasteiger partial charge in [-0.25, -0.2) is 0 Å². The number of rotatable bonds is 2. The average molecular weight is 163 g/mol. The van der Waals surface area contributed by atoms with E-state index in [0.717, 1.165) is 12.3 Å². The largest absolute Gasteiger partial charge is 0.298 e. The topological polar surface area (TPSA) is 40.9 Å². The molecule has 2 aliphatic carbocycles. The van der Waals surface area contributed by atoms with Crippen LogP contribution in [0.25, 0.3) is 0 Å². The third kappa shape index (κ3) is 1.14. The van der Waals surface area contributed by atoms with Gasteiger partial charge in [-0.2, -0.15) is 5.26 Å². The molecule has 0 saturated heterocycles. The first kappa shape index (κ1) is 7.79. The number of carbonyl (C=O) groups is 1. The van der Waals surface area contributed by atoms with Gasteiger partial charge in [-0.15, -0.1) is 0 Å². The first-order valence-electron chi connectivity index (χ1n) is 4.71. The fourth-order valence-corrected chi connectivity index (χ4v) is 2.85. The number of nitriles is 1. The van der Waals surface area contributed by atoms with Crippen molar-refractivity contribution in [2.45, 2.75) is 32.1 Å². The van der Waals surface area contributed by atoms with Gasteiger partial charge in [0.25, 0.3) is 0 Å². The van der Waals surface area contributed by atoms with E-state index in [1.165, 1.54) is 19.3 Å². The highest BCUT2D eigenvalue weighted by atomic mass is 16.1. The molecule has 0 heterocycles. The van der Waals surface area contributed by atoms with Crippen molar-refractivity contribution < 1.29 is 4.79 Å². The van der Waals surface area contributed by atoms with Gasteiger partial charge in [0.05, 0.1) is 12.5 Å². The highest BCUT2D eigenvalue weighted by Crippen LogP contribution is 2.48. The van der Waals surface area contributed by atoms with E-state index in [4.69, 9.17) is 5.26 Å². The van der Waals surface area contributed by atoms with E-state index in [0.29, 0.717) is 5.92 Å². The molecule has 0 spiro atoms. The summed E-state index contributed by atoms with van der Waals surface area (Å²) in [7, 11) is 0. The Hall–Kier alpha value is -0.840. The molecule has 0 aromatic carbocycles. The summed E-state index contributed by atoms with van der Waals surface area (Å²) in [5.74, 6) is 1.89. The molecule has 2 rings (SSSR count). The SMILES string of the molecule is N#CCC(=O)C1CC2CCC1C2. The lowest BCUT2D eigenvalue weighted by atomic mass is 9.85. The van der Waals surface area contributed by atoms with E-state index >= 15 is 0 Å². The fourth-order valence-electron chi connectivity index (χ4n) is 2.85. The van der Waals surface area contributed by atoms with Crippen LogP contribution >= 0.6 is 0 Å². The number of ketones is 1. The van der Waals surface area contributed by atoms with Crippen molar-refractivity contribution in [3.8, 4) is 6.07 Å². The summed E-state index contributed by atoms with van der Waals surface area (Å²) in [6.07, 6.45) is 5.01. The van der Waals surface area contributed by atoms with Crippen molar-refractivity contribution in [1.29, 1.82) is 5.26 Å². The number of fused-ring (bicyclic) bond motifs is 2. The zero-order chi connectivity index (χ0) is 8.55. The van der Waals surface area contributed by atoms with Gasteiger partial charge in [-0.1, -0.05) is 6.42 Å². The maximum absolute atomic E-state index is 11.4. The smallest absolute Gasteiger partial charge is 0.150 e. The summed E-state index contributed by atoms with van der Waals surface area (Å²) in [5.41, 5.74) is 0. The Morgan fingerprint density at radius 3 is 2.75 bits per heavy atom. The molecular formula is C10H13NO. The Labute approximate surface area is 72.6 Å². The molecule has 0 N–H and O–H groups in total. The van der Waals surface area contributed by atoms with Crippen LogP contribution < -0.4 is 0 Å². The van der Waals surface area contributed by atoms with Crippen LogP contribution in [0.1, 0.15) is 32.1 Å². The number of Topliss-reactive ketones (excluding diaryl/α,β-unsaturated/α-hetero) is 1. The second-order valence-electron chi connectivity index (χ2n) is 4.08. The van der Waals surface area contributed by atoms with E-state index in [1.54, 1.807) is 0 Å². The first-order chi connectivity index (χ1) is 5.81. The van der Waals surface area contributed by atoms with Crippen LogP contribution in [0, 0.1) is 29.1 Å². The summed E-state index contributed by atoms with van der Waals surface area (Å²) in [4.78, 5) is 11.4. The lowest BCUT2D eigenvalue weighted by Gasteiger charge is -2.18. The fraction of sp³-hybridized carbons (Fsp3) is 0.800. The predicted molar refractivity (Wildman–Crippen MR) is 44.2 cm³/mol. The lowest BCUT2D eigenvalue weighted by molar-refractivity contribution is -0.123. The number of hydrogen-bond acceptors (Lipinski definition) is 2. The van der Waals surface area contributed by atoms with Gasteiger partial charge >= 0.3 is 0 Å². The molecule has 0 aromatic rings. The summed E-state index contributed by atoms with van der Waals surface area (Å²) < 4.78 is 0. The van der Waals surface area contributed by atoms with E-state index in [1.807, 2.05) is 6.07 Å². The molecule has 2 saturated carbocycles. The van der Waals surface area contributed by atoms with Crippen molar-refractivity contribution >= 4 is 5.78 Å². The molecular weight excluding hydrogens is 150 g/mol. The van der Waals surface area contributed by atoms with Crippen LogP contribution in [0.15, 0.2) is 0 Å². The monoisotopic (exact) mass is 163 g/mol. The molecule has 0 radical (unpaired) electrons. The molecule has 2 bridgehead atoms. The molecule has 0 amide bonds. The summed E-state index contributed by atoms with van der Waals surface area (Å²) >= 11 is 0. The van der Waals surface area contributed by atoms with Gasteiger partial charge in [0, 0.05) is 5.92 Å². The van der Waals surface area contributed by atoms with E-state index in [9.17, 15) is 4.79 Å². The van der Waals surface area contributed by atoms with Gasteiger partial charge in [0.1, 0.15) is 5.78 Å². The van der Waals surface area contributed by atoms with Crippen molar-refractivity contribution in [3.63, 3.8) is 0 Å². The minimum Gasteiger partial charge on any atom is -0.298 e. The molecule has 12 heavy (non-hydrogen) atoms. The first-order valence-corrected chi connectivity index (χ1v) is 4.71. The van der Waals surface area contributed by atoms with Gasteiger partial charge in [0.2, 0.25) is 0 Å². The van der Waals surface area contributed by atoms with Gasteiger partial charge in [-0.3, -0.25) is 4.79 Å². The van der Waals surface area contributed by atoms with Crippen LogP contribution in [0.4, 0.5) is 0 Å². The van der Waals surface area contributed by atoms with Crippen molar-refractivity contribution in [3.05, 3.63) is 0 Å². The molecule has 64 valence electrons. The molecule has 0 aliphatic heterocycles. The maximum atomic E-state index is 11.4. The number of hydrogen-bond donors (Lipinski definition) is 0. The Bertz CT molecular complexity index is 241. The maximum Gasteiger partial charge on any atom is 0.150 e. The molecule has 3 unspecified atom stereocenters. The Balaban J connectivity index is 1.99. The molecule has 2 nitrogen and oxygen atoms in total. The van der Waals surface area contributed by atoms with Crippen molar-refractivity contribution in [2.75, 3.05) is 0 Å². The second kappa shape index (κ2) is 2.90. The second-order valence-corrected chi connectivity index (χ2v) is 4.08. The van der Waals surface area contributed by atoms with Crippen molar-refractivity contribution in [2.24, 2.45) is 17.8 Å². The standard InChI is InChI=1S/C10H13NO/c11-4-3-10(12)9-6-7-1-2-8(9)5-7/h7-9H,1-3,5-6H2. The average Bonchev–Trinajstić information content (AvgIpc) is 2.64. The van der Waals surface area contributed by atoms with Gasteiger partial charge < -0.3 is 0 Å². The zero-order valence-corrected chi connectivity index (χ0v) is 7.12. The molecule has 2 heteroatoms. The highest BCUT2D eigenvalue weighted by Gasteiger charge is 2.42. The molecule has 2 fully saturated rings. The van der Waals surface area contributed by atoms with Crippen LogP contribution in [0.5, 0.6) is 0 Å². The Kier molecular flexibility index (Phi) is 1.88. The Morgan fingerprint density at radius 2 is 2.25 bits per heavy atom. The molecule has 3 atom stereocenters. The third-order valence-corrected chi connectivity index (χ3v) is 3.40. The van der Waals surface area contributed by atoms with E-state index in [-0.39, 0.29) is 18.1 Å². The van der Waals surface area contributed by atoms with E-state index < -0.39 is 0 Å². The minimum atomic E-state index is 0.133. The number of nitrogens with zero attached hydrogens (tertiary/aromatic N) is 1. The van der Waals surface area contributed by atoms with Crippen LogP contribution in [0.3, 0.4) is 0 Å². The normalized spacial score (nSPS) is 38.1. The van der Waals surface area contributed by atoms with E-state index in [2.05, 4.69) is 0 Å². The molecule has 0 aromatic heterocycles. The zero-order valence-electron chi connectivity index (χ0n) is 7.12.